The second-order valence-electron chi connectivity index (χ2n) is 7.45. The molecule has 6 nitrogen and oxygen atoms in total. The first-order chi connectivity index (χ1) is 13.9. The number of pyridine rings is 1. The number of aryl methyl sites for hydroxylation is 2. The molecule has 4 aromatic rings. The average molecular weight is 406 g/mol. The number of hydrogen-bond donors (Lipinski definition) is 1. The van der Waals surface area contributed by atoms with Crippen molar-refractivity contribution in [3.8, 4) is 0 Å². The highest BCUT2D eigenvalue weighted by Gasteiger charge is 2.16. The van der Waals surface area contributed by atoms with Crippen LogP contribution in [0.1, 0.15) is 52.9 Å². The minimum atomic E-state index is -0.178. The second kappa shape index (κ2) is 7.75. The molecular formula is C22H23N5OS. The Morgan fingerprint density at radius 2 is 1.97 bits per heavy atom. The molecule has 0 bridgehead atoms. The van der Waals surface area contributed by atoms with Crippen LogP contribution in [0.15, 0.2) is 41.8 Å². The van der Waals surface area contributed by atoms with Gasteiger partial charge in [-0.1, -0.05) is 32.0 Å². The Labute approximate surface area is 173 Å². The summed E-state index contributed by atoms with van der Waals surface area (Å²) < 4.78 is 1.91. The standard InChI is InChI=1S/C22H23N5OS/c1-13(2)20-12-29-22(24-20)25-21(28)18-10-16(11-27-15(4)9-14(3)26-27)23-19-8-6-5-7-17(18)19/h5-10,12-13H,11H2,1-4H3,(H,24,25,28). The molecule has 148 valence electrons. The quantitative estimate of drug-likeness (QED) is 0.511. The summed E-state index contributed by atoms with van der Waals surface area (Å²) in [4.78, 5) is 22.3. The highest BCUT2D eigenvalue weighted by Crippen LogP contribution is 2.24. The van der Waals surface area contributed by atoms with Crippen LogP contribution >= 0.6 is 11.3 Å². The molecule has 0 fully saturated rings. The lowest BCUT2D eigenvalue weighted by Gasteiger charge is -2.10. The topological polar surface area (TPSA) is 72.7 Å². The largest absolute Gasteiger partial charge is 0.298 e. The Kier molecular flexibility index (Phi) is 5.15. The van der Waals surface area contributed by atoms with E-state index in [4.69, 9.17) is 4.98 Å². The van der Waals surface area contributed by atoms with Crippen molar-refractivity contribution >= 4 is 33.3 Å². The molecule has 3 aromatic heterocycles. The van der Waals surface area contributed by atoms with Gasteiger partial charge in [-0.25, -0.2) is 4.98 Å². The van der Waals surface area contributed by atoms with Crippen molar-refractivity contribution in [2.45, 2.75) is 40.2 Å². The van der Waals surface area contributed by atoms with Crippen LogP contribution < -0.4 is 5.32 Å². The first-order valence-electron chi connectivity index (χ1n) is 9.57. The number of nitrogens with one attached hydrogen (secondary N) is 1. The number of carbonyl (C=O) groups excluding carboxylic acids is 1. The fourth-order valence-corrected chi connectivity index (χ4v) is 4.13. The summed E-state index contributed by atoms with van der Waals surface area (Å²) >= 11 is 1.45. The van der Waals surface area contributed by atoms with E-state index in [0.29, 0.717) is 23.2 Å². The summed E-state index contributed by atoms with van der Waals surface area (Å²) in [6, 6.07) is 11.6. The van der Waals surface area contributed by atoms with Crippen molar-refractivity contribution in [3.05, 3.63) is 70.1 Å². The minimum absolute atomic E-state index is 0.178. The zero-order chi connectivity index (χ0) is 20.5. The lowest BCUT2D eigenvalue weighted by atomic mass is 10.1. The summed E-state index contributed by atoms with van der Waals surface area (Å²) in [6.07, 6.45) is 0. The van der Waals surface area contributed by atoms with Gasteiger partial charge in [0.25, 0.3) is 5.91 Å². The van der Waals surface area contributed by atoms with Gasteiger partial charge in [0.15, 0.2) is 5.13 Å². The maximum Gasteiger partial charge on any atom is 0.258 e. The summed E-state index contributed by atoms with van der Waals surface area (Å²) in [5.74, 6) is 0.147. The normalized spacial score (nSPS) is 11.3. The van der Waals surface area contributed by atoms with Crippen LogP contribution in [0.5, 0.6) is 0 Å². The van der Waals surface area contributed by atoms with Crippen LogP contribution in [0.2, 0.25) is 0 Å². The Hall–Kier alpha value is -3.06. The van der Waals surface area contributed by atoms with Gasteiger partial charge in [0.2, 0.25) is 0 Å². The Balaban J connectivity index is 1.69. The molecule has 0 aliphatic heterocycles. The lowest BCUT2D eigenvalue weighted by Crippen LogP contribution is -2.14. The molecule has 0 radical (unpaired) electrons. The number of aromatic nitrogens is 4. The van der Waals surface area contributed by atoms with E-state index in [9.17, 15) is 4.79 Å². The fourth-order valence-electron chi connectivity index (χ4n) is 3.26. The Bertz CT molecular complexity index is 1190. The third-order valence-corrected chi connectivity index (χ3v) is 5.54. The number of thiazole rings is 1. The van der Waals surface area contributed by atoms with E-state index in [0.717, 1.165) is 33.7 Å². The van der Waals surface area contributed by atoms with E-state index in [1.807, 2.05) is 60.3 Å². The highest BCUT2D eigenvalue weighted by atomic mass is 32.1. The van der Waals surface area contributed by atoms with Gasteiger partial charge in [-0.05, 0) is 38.0 Å². The van der Waals surface area contributed by atoms with Crippen LogP contribution in [-0.4, -0.2) is 25.7 Å². The zero-order valence-corrected chi connectivity index (χ0v) is 17.7. The molecule has 0 atom stereocenters. The SMILES string of the molecule is Cc1cc(C)n(Cc2cc(C(=O)Nc3nc(C(C)C)cs3)c3ccccc3n2)n1. The summed E-state index contributed by atoms with van der Waals surface area (Å²) in [5.41, 5.74) is 5.18. The Morgan fingerprint density at radius 1 is 1.17 bits per heavy atom. The van der Waals surface area contributed by atoms with E-state index < -0.39 is 0 Å². The predicted octanol–water partition coefficient (Wildman–Crippen LogP) is 4.93. The van der Waals surface area contributed by atoms with Crippen LogP contribution in [0.4, 0.5) is 5.13 Å². The van der Waals surface area contributed by atoms with E-state index in [2.05, 4.69) is 29.2 Å². The molecule has 0 saturated heterocycles. The van der Waals surface area contributed by atoms with E-state index >= 15 is 0 Å². The van der Waals surface area contributed by atoms with Crippen molar-refractivity contribution in [2.75, 3.05) is 5.32 Å². The summed E-state index contributed by atoms with van der Waals surface area (Å²) in [5, 5.41) is 10.9. The first-order valence-corrected chi connectivity index (χ1v) is 10.4. The van der Waals surface area contributed by atoms with Crippen molar-refractivity contribution in [2.24, 2.45) is 0 Å². The molecule has 0 unspecified atom stereocenters. The molecule has 0 spiro atoms. The van der Waals surface area contributed by atoms with Gasteiger partial charge in [-0.3, -0.25) is 19.8 Å². The highest BCUT2D eigenvalue weighted by molar-refractivity contribution is 7.14. The molecule has 3 heterocycles. The molecule has 1 aromatic carbocycles. The van der Waals surface area contributed by atoms with E-state index in [-0.39, 0.29) is 5.91 Å². The summed E-state index contributed by atoms with van der Waals surface area (Å²) in [6.45, 7) is 8.67. The molecule has 0 aliphatic rings. The fraction of sp³-hybridized carbons (Fsp3) is 0.273. The van der Waals surface area contributed by atoms with Gasteiger partial charge in [0.05, 0.1) is 34.7 Å². The molecular weight excluding hydrogens is 382 g/mol. The van der Waals surface area contributed by atoms with Gasteiger partial charge in [-0.2, -0.15) is 5.10 Å². The van der Waals surface area contributed by atoms with Crippen molar-refractivity contribution in [1.29, 1.82) is 0 Å². The molecule has 7 heteroatoms. The number of carbonyl (C=O) groups is 1. The maximum absolute atomic E-state index is 13.1. The average Bonchev–Trinajstić information content (AvgIpc) is 3.27. The smallest absolute Gasteiger partial charge is 0.258 e. The van der Waals surface area contributed by atoms with Crippen LogP contribution in [0.25, 0.3) is 10.9 Å². The molecule has 29 heavy (non-hydrogen) atoms. The van der Waals surface area contributed by atoms with Crippen molar-refractivity contribution in [1.82, 2.24) is 19.7 Å². The first kappa shape index (κ1) is 19.3. The maximum atomic E-state index is 13.1. The third kappa shape index (κ3) is 4.05. The van der Waals surface area contributed by atoms with Gasteiger partial charge < -0.3 is 0 Å². The molecule has 4 rings (SSSR count). The predicted molar refractivity (Wildman–Crippen MR) is 117 cm³/mol. The van der Waals surface area contributed by atoms with Gasteiger partial charge in [0, 0.05) is 16.5 Å². The molecule has 1 N–H and O–H groups in total. The zero-order valence-electron chi connectivity index (χ0n) is 16.9. The van der Waals surface area contributed by atoms with E-state index in [1.54, 1.807) is 0 Å². The van der Waals surface area contributed by atoms with Crippen molar-refractivity contribution in [3.63, 3.8) is 0 Å². The number of benzene rings is 1. The minimum Gasteiger partial charge on any atom is -0.298 e. The van der Waals surface area contributed by atoms with Gasteiger partial charge in [0.1, 0.15) is 0 Å². The lowest BCUT2D eigenvalue weighted by molar-refractivity contribution is 0.102. The van der Waals surface area contributed by atoms with E-state index in [1.165, 1.54) is 11.3 Å². The number of amides is 1. The number of nitrogens with zero attached hydrogens (tertiary/aromatic N) is 4. The summed E-state index contributed by atoms with van der Waals surface area (Å²) in [7, 11) is 0. The molecule has 0 saturated carbocycles. The van der Waals surface area contributed by atoms with Crippen LogP contribution in [-0.2, 0) is 6.54 Å². The third-order valence-electron chi connectivity index (χ3n) is 4.76. The molecule has 0 aliphatic carbocycles. The van der Waals surface area contributed by atoms with Crippen molar-refractivity contribution < 1.29 is 4.79 Å². The number of hydrogen-bond acceptors (Lipinski definition) is 5. The van der Waals surface area contributed by atoms with Crippen LogP contribution in [0, 0.1) is 13.8 Å². The number of fused-ring (bicyclic) bond motifs is 1. The number of anilines is 1. The Morgan fingerprint density at radius 3 is 2.66 bits per heavy atom. The second-order valence-corrected chi connectivity index (χ2v) is 8.31. The number of para-hydroxylation sites is 1. The molecule has 1 amide bonds. The van der Waals surface area contributed by atoms with Gasteiger partial charge >= 0.3 is 0 Å². The van der Waals surface area contributed by atoms with Gasteiger partial charge in [-0.15, -0.1) is 11.3 Å². The monoisotopic (exact) mass is 405 g/mol. The van der Waals surface area contributed by atoms with Crippen LogP contribution in [0.3, 0.4) is 0 Å². The number of rotatable bonds is 5.